The van der Waals surface area contributed by atoms with Crippen LogP contribution in [0.5, 0.6) is 5.88 Å². The molecule has 8 nitrogen and oxygen atoms in total. The van der Waals surface area contributed by atoms with Gasteiger partial charge in [-0.25, -0.2) is 4.98 Å². The van der Waals surface area contributed by atoms with E-state index in [1.165, 1.54) is 18.5 Å². The quantitative estimate of drug-likeness (QED) is 0.349. The van der Waals surface area contributed by atoms with Gasteiger partial charge in [0.25, 0.3) is 5.91 Å². The molecule has 0 radical (unpaired) electrons. The molecule has 170 valence electrons. The van der Waals surface area contributed by atoms with E-state index in [-0.39, 0.29) is 35.8 Å². The van der Waals surface area contributed by atoms with Crippen molar-refractivity contribution in [2.45, 2.75) is 12.7 Å². The molecule has 2 aromatic heterocycles. The van der Waals surface area contributed by atoms with Crippen LogP contribution in [0.2, 0.25) is 0 Å². The number of piperazine rings is 1. The topological polar surface area (TPSA) is 83.2 Å². The summed E-state index contributed by atoms with van der Waals surface area (Å²) in [5.74, 6) is 0.762. The third kappa shape index (κ3) is 7.29. The van der Waals surface area contributed by atoms with Crippen molar-refractivity contribution in [3.8, 4) is 5.88 Å². The summed E-state index contributed by atoms with van der Waals surface area (Å²) in [5.41, 5.74) is 0.766. The number of guanidine groups is 1. The van der Waals surface area contributed by atoms with Gasteiger partial charge in [-0.1, -0.05) is 6.07 Å². The molecule has 2 aromatic rings. The van der Waals surface area contributed by atoms with Crippen LogP contribution in [0, 0.1) is 0 Å². The number of halogens is 4. The van der Waals surface area contributed by atoms with Gasteiger partial charge < -0.3 is 24.3 Å². The van der Waals surface area contributed by atoms with Crippen molar-refractivity contribution < 1.29 is 27.1 Å². The van der Waals surface area contributed by atoms with E-state index in [2.05, 4.69) is 20.0 Å². The SMILES string of the molecule is CN=C(NCc1ccc(OCC(F)(F)F)nc1)N1CCN(C(=O)c2ccco2)CC1.I. The van der Waals surface area contributed by atoms with Gasteiger partial charge in [-0.05, 0) is 17.7 Å². The number of rotatable bonds is 5. The van der Waals surface area contributed by atoms with E-state index in [9.17, 15) is 18.0 Å². The highest BCUT2D eigenvalue weighted by Gasteiger charge is 2.28. The lowest BCUT2D eigenvalue weighted by molar-refractivity contribution is -0.154. The van der Waals surface area contributed by atoms with Crippen LogP contribution in [0.4, 0.5) is 13.2 Å². The second-order valence-corrected chi connectivity index (χ2v) is 6.57. The van der Waals surface area contributed by atoms with E-state index in [1.807, 2.05) is 4.90 Å². The van der Waals surface area contributed by atoms with Crippen molar-refractivity contribution in [1.29, 1.82) is 0 Å². The lowest BCUT2D eigenvalue weighted by Crippen LogP contribution is -2.53. The largest absolute Gasteiger partial charge is 0.468 e. The highest BCUT2D eigenvalue weighted by molar-refractivity contribution is 14.0. The normalized spacial score (nSPS) is 14.8. The van der Waals surface area contributed by atoms with Crippen molar-refractivity contribution in [3.05, 3.63) is 48.0 Å². The number of furan rings is 1. The number of hydrogen-bond donors (Lipinski definition) is 1. The van der Waals surface area contributed by atoms with E-state index < -0.39 is 12.8 Å². The number of hydrogen-bond acceptors (Lipinski definition) is 5. The Kier molecular flexibility index (Phi) is 8.95. The molecule has 3 rings (SSSR count). The smallest absolute Gasteiger partial charge is 0.422 e. The van der Waals surface area contributed by atoms with Gasteiger partial charge in [-0.3, -0.25) is 9.79 Å². The van der Waals surface area contributed by atoms with Gasteiger partial charge in [0.15, 0.2) is 18.3 Å². The number of aromatic nitrogens is 1. The number of nitrogens with zero attached hydrogens (tertiary/aromatic N) is 4. The predicted molar refractivity (Wildman–Crippen MR) is 118 cm³/mol. The molecule has 1 saturated heterocycles. The highest BCUT2D eigenvalue weighted by atomic mass is 127. The standard InChI is InChI=1S/C19H22F3N5O3.HI/c1-23-18(25-12-14-4-5-16(24-11-14)30-13-19(20,21)22)27-8-6-26(7-9-27)17(28)15-3-2-10-29-15;/h2-5,10-11H,6-9,12-13H2,1H3,(H,23,25);1H. The molecule has 0 spiro atoms. The summed E-state index contributed by atoms with van der Waals surface area (Å²) in [5, 5.41) is 3.20. The monoisotopic (exact) mass is 553 g/mol. The fourth-order valence-corrected chi connectivity index (χ4v) is 2.95. The summed E-state index contributed by atoms with van der Waals surface area (Å²) in [6.07, 6.45) is -1.48. The minimum absolute atomic E-state index is 0. The zero-order valence-corrected chi connectivity index (χ0v) is 19.1. The molecule has 0 bridgehead atoms. The van der Waals surface area contributed by atoms with Crippen molar-refractivity contribution >= 4 is 35.8 Å². The third-order valence-electron chi connectivity index (χ3n) is 4.44. The number of nitrogens with one attached hydrogen (secondary N) is 1. The Labute approximate surface area is 194 Å². The molecular formula is C19H23F3IN5O3. The Morgan fingerprint density at radius 3 is 2.48 bits per heavy atom. The minimum Gasteiger partial charge on any atom is -0.468 e. The zero-order chi connectivity index (χ0) is 21.6. The van der Waals surface area contributed by atoms with Crippen LogP contribution in [0.15, 0.2) is 46.1 Å². The number of carbonyl (C=O) groups excluding carboxylic acids is 1. The second-order valence-electron chi connectivity index (χ2n) is 6.57. The van der Waals surface area contributed by atoms with E-state index in [0.29, 0.717) is 44.4 Å². The molecule has 1 aliphatic heterocycles. The molecule has 0 unspecified atom stereocenters. The minimum atomic E-state index is -4.40. The Balaban J connectivity index is 0.00000341. The van der Waals surface area contributed by atoms with Crippen molar-refractivity contribution in [2.75, 3.05) is 39.8 Å². The summed E-state index contributed by atoms with van der Waals surface area (Å²) >= 11 is 0. The molecule has 0 aliphatic carbocycles. The fraction of sp³-hybridized carbons (Fsp3) is 0.421. The molecule has 1 amide bonds. The van der Waals surface area contributed by atoms with Crippen molar-refractivity contribution in [3.63, 3.8) is 0 Å². The zero-order valence-electron chi connectivity index (χ0n) is 16.8. The highest BCUT2D eigenvalue weighted by Crippen LogP contribution is 2.17. The number of alkyl halides is 3. The summed E-state index contributed by atoms with van der Waals surface area (Å²) in [6.45, 7) is 1.30. The lowest BCUT2D eigenvalue weighted by atomic mass is 10.2. The molecule has 0 atom stereocenters. The maximum Gasteiger partial charge on any atom is 0.422 e. The maximum absolute atomic E-state index is 12.3. The van der Waals surface area contributed by atoms with Gasteiger partial charge in [0.05, 0.1) is 6.26 Å². The average Bonchev–Trinajstić information content (AvgIpc) is 3.28. The van der Waals surface area contributed by atoms with E-state index in [1.54, 1.807) is 30.1 Å². The van der Waals surface area contributed by atoms with Crippen LogP contribution in [0.25, 0.3) is 0 Å². The molecule has 1 N–H and O–H groups in total. The van der Waals surface area contributed by atoms with Crippen molar-refractivity contribution in [1.82, 2.24) is 20.1 Å². The number of pyridine rings is 1. The van der Waals surface area contributed by atoms with Crippen LogP contribution < -0.4 is 10.1 Å². The first kappa shape index (κ1) is 24.8. The van der Waals surface area contributed by atoms with Gasteiger partial charge in [-0.15, -0.1) is 24.0 Å². The molecule has 12 heteroatoms. The molecule has 3 heterocycles. The van der Waals surface area contributed by atoms with Crippen molar-refractivity contribution in [2.24, 2.45) is 4.99 Å². The second kappa shape index (κ2) is 11.2. The fourth-order valence-electron chi connectivity index (χ4n) is 2.95. The lowest BCUT2D eigenvalue weighted by Gasteiger charge is -2.36. The van der Waals surface area contributed by atoms with Crippen LogP contribution in [0.3, 0.4) is 0 Å². The van der Waals surface area contributed by atoms with Gasteiger partial charge in [0.2, 0.25) is 5.88 Å². The summed E-state index contributed by atoms with van der Waals surface area (Å²) in [7, 11) is 1.66. The van der Waals surface area contributed by atoms with E-state index >= 15 is 0 Å². The van der Waals surface area contributed by atoms with Gasteiger partial charge >= 0.3 is 6.18 Å². The average molecular weight is 553 g/mol. The number of ether oxygens (including phenoxy) is 1. The Morgan fingerprint density at radius 1 is 1.23 bits per heavy atom. The molecule has 1 aliphatic rings. The van der Waals surface area contributed by atoms with Crippen LogP contribution >= 0.6 is 24.0 Å². The predicted octanol–water partition coefficient (Wildman–Crippen LogP) is 2.77. The first-order valence-corrected chi connectivity index (χ1v) is 9.28. The summed E-state index contributed by atoms with van der Waals surface area (Å²) in [6, 6.07) is 6.35. The van der Waals surface area contributed by atoms with E-state index in [0.717, 1.165) is 5.56 Å². The summed E-state index contributed by atoms with van der Waals surface area (Å²) in [4.78, 5) is 24.2. The summed E-state index contributed by atoms with van der Waals surface area (Å²) < 4.78 is 46.3. The number of amides is 1. The molecule has 0 aromatic carbocycles. The molecular weight excluding hydrogens is 530 g/mol. The molecule has 1 fully saturated rings. The first-order valence-electron chi connectivity index (χ1n) is 9.28. The van der Waals surface area contributed by atoms with Crippen LogP contribution in [-0.2, 0) is 6.54 Å². The van der Waals surface area contributed by atoms with Gasteiger partial charge in [0, 0.05) is 52.0 Å². The number of carbonyl (C=O) groups is 1. The van der Waals surface area contributed by atoms with Gasteiger partial charge in [0.1, 0.15) is 0 Å². The third-order valence-corrected chi connectivity index (χ3v) is 4.44. The number of aliphatic imine (C=N–C) groups is 1. The van der Waals surface area contributed by atoms with Crippen LogP contribution in [-0.4, -0.2) is 72.7 Å². The Morgan fingerprint density at radius 2 is 1.94 bits per heavy atom. The molecule has 31 heavy (non-hydrogen) atoms. The van der Waals surface area contributed by atoms with Crippen LogP contribution in [0.1, 0.15) is 16.1 Å². The first-order chi connectivity index (χ1) is 14.4. The van der Waals surface area contributed by atoms with E-state index in [4.69, 9.17) is 4.42 Å². The molecule has 0 saturated carbocycles. The Hall–Kier alpha value is -2.51. The van der Waals surface area contributed by atoms with Gasteiger partial charge in [-0.2, -0.15) is 13.2 Å². The maximum atomic E-state index is 12.3. The Bertz CT molecular complexity index is 852.